The lowest BCUT2D eigenvalue weighted by Crippen LogP contribution is -2.37. The number of carbonyl (C=O) groups excluding carboxylic acids is 3. The van der Waals surface area contributed by atoms with Crippen molar-refractivity contribution in [1.82, 2.24) is 5.01 Å². The minimum atomic E-state index is -0.120. The first-order valence-electron chi connectivity index (χ1n) is 13.7. The van der Waals surface area contributed by atoms with Gasteiger partial charge in [0.25, 0.3) is 0 Å². The molecule has 7 heteroatoms. The van der Waals surface area contributed by atoms with E-state index in [9.17, 15) is 14.4 Å². The minimum absolute atomic E-state index is 0.0165. The van der Waals surface area contributed by atoms with Crippen LogP contribution in [0.5, 0.6) is 0 Å². The van der Waals surface area contributed by atoms with E-state index in [2.05, 4.69) is 0 Å². The average Bonchev–Trinajstić information content (AvgIpc) is 2.91. The fourth-order valence-electron chi connectivity index (χ4n) is 4.47. The van der Waals surface area contributed by atoms with Gasteiger partial charge in [-0.1, -0.05) is 76.6 Å². The van der Waals surface area contributed by atoms with E-state index >= 15 is 0 Å². The summed E-state index contributed by atoms with van der Waals surface area (Å²) in [6.45, 7) is 10.3. The van der Waals surface area contributed by atoms with Gasteiger partial charge >= 0.3 is 0 Å². The number of rotatable bonds is 11. The molecule has 206 valence electrons. The molecule has 0 aromatic heterocycles. The highest BCUT2D eigenvalue weighted by molar-refractivity contribution is 6.01. The first-order chi connectivity index (χ1) is 18.2. The van der Waals surface area contributed by atoms with Gasteiger partial charge < -0.3 is 20.4 Å². The predicted molar refractivity (Wildman–Crippen MR) is 156 cm³/mol. The molecule has 0 aliphatic carbocycles. The van der Waals surface area contributed by atoms with Gasteiger partial charge in [-0.15, -0.1) is 0 Å². The number of anilines is 1. The van der Waals surface area contributed by atoms with Crippen LogP contribution in [0.4, 0.5) is 5.69 Å². The van der Waals surface area contributed by atoms with Gasteiger partial charge in [-0.25, -0.2) is 5.84 Å². The molecule has 3 rings (SSSR count). The number of Topliss-reactive ketones (excluding diaryl/α,β-unsaturated/α-hetero) is 2. The maximum absolute atomic E-state index is 13.3. The molecule has 38 heavy (non-hydrogen) atoms. The highest BCUT2D eigenvalue weighted by atomic mass is 16.2. The van der Waals surface area contributed by atoms with Crippen molar-refractivity contribution in [3.05, 3.63) is 65.2 Å². The van der Waals surface area contributed by atoms with E-state index in [4.69, 9.17) is 11.6 Å². The molecule has 1 heterocycles. The highest BCUT2D eigenvalue weighted by Crippen LogP contribution is 2.37. The SMILES string of the molecule is CC.CC(=O)CCC(=O)N1Cc2ccccc2/C(N)=C(/N(N)CCCCCC(=O)C(C)C)c2ccccc21. The quantitative estimate of drug-likeness (QED) is 0.224. The second-order valence-electron chi connectivity index (χ2n) is 9.74. The molecular weight excluding hydrogens is 476 g/mol. The number of amides is 1. The Morgan fingerprint density at radius 1 is 0.895 bits per heavy atom. The van der Waals surface area contributed by atoms with Crippen LogP contribution in [-0.4, -0.2) is 29.0 Å². The van der Waals surface area contributed by atoms with Gasteiger partial charge in [0.2, 0.25) is 5.91 Å². The number of hydrogen-bond acceptors (Lipinski definition) is 6. The summed E-state index contributed by atoms with van der Waals surface area (Å²) in [5.41, 5.74) is 11.2. The van der Waals surface area contributed by atoms with E-state index in [1.807, 2.05) is 76.2 Å². The van der Waals surface area contributed by atoms with Crippen LogP contribution in [0.15, 0.2) is 48.5 Å². The van der Waals surface area contributed by atoms with Crippen molar-refractivity contribution in [2.45, 2.75) is 79.7 Å². The minimum Gasteiger partial charge on any atom is -0.396 e. The summed E-state index contributed by atoms with van der Waals surface area (Å²) >= 11 is 0. The van der Waals surface area contributed by atoms with Crippen molar-refractivity contribution < 1.29 is 14.4 Å². The summed E-state index contributed by atoms with van der Waals surface area (Å²) in [4.78, 5) is 38.5. The number of nitrogens with zero attached hydrogens (tertiary/aromatic N) is 2. The van der Waals surface area contributed by atoms with Gasteiger partial charge in [-0.05, 0) is 31.4 Å². The van der Waals surface area contributed by atoms with E-state index in [-0.39, 0.29) is 36.2 Å². The number of carbonyl (C=O) groups is 3. The van der Waals surface area contributed by atoms with Gasteiger partial charge in [0, 0.05) is 42.9 Å². The van der Waals surface area contributed by atoms with Crippen molar-refractivity contribution in [2.75, 3.05) is 11.4 Å². The van der Waals surface area contributed by atoms with Crippen molar-refractivity contribution in [3.63, 3.8) is 0 Å². The first kappa shape index (κ1) is 30.8. The van der Waals surface area contributed by atoms with E-state index in [1.165, 1.54) is 6.92 Å². The van der Waals surface area contributed by atoms with Crippen molar-refractivity contribution >= 4 is 34.6 Å². The predicted octanol–water partition coefficient (Wildman–Crippen LogP) is 5.67. The topological polar surface area (TPSA) is 110 Å². The maximum Gasteiger partial charge on any atom is 0.227 e. The summed E-state index contributed by atoms with van der Waals surface area (Å²) in [6.07, 6.45) is 3.45. The number of para-hydroxylation sites is 1. The molecule has 0 spiro atoms. The van der Waals surface area contributed by atoms with Crippen molar-refractivity contribution in [3.8, 4) is 0 Å². The Morgan fingerprint density at radius 3 is 2.18 bits per heavy atom. The molecule has 0 radical (unpaired) electrons. The average molecular weight is 521 g/mol. The molecule has 0 saturated carbocycles. The summed E-state index contributed by atoms with van der Waals surface area (Å²) in [6, 6.07) is 15.4. The summed E-state index contributed by atoms with van der Waals surface area (Å²) in [7, 11) is 0. The molecule has 0 fully saturated rings. The lowest BCUT2D eigenvalue weighted by molar-refractivity contribution is -0.123. The van der Waals surface area contributed by atoms with Crippen molar-refractivity contribution in [1.29, 1.82) is 0 Å². The molecule has 2 aromatic rings. The van der Waals surface area contributed by atoms with Crippen LogP contribution in [0.3, 0.4) is 0 Å². The lowest BCUT2D eigenvalue weighted by atomic mass is 9.95. The van der Waals surface area contributed by atoms with Gasteiger partial charge in [-0.2, -0.15) is 0 Å². The van der Waals surface area contributed by atoms with E-state index < -0.39 is 0 Å². The molecule has 0 bridgehead atoms. The summed E-state index contributed by atoms with van der Waals surface area (Å²) in [5, 5.41) is 1.67. The second kappa shape index (κ2) is 15.1. The Balaban J connectivity index is 0.00000247. The zero-order chi connectivity index (χ0) is 28.2. The molecule has 4 N–H and O–H groups in total. The highest BCUT2D eigenvalue weighted by Gasteiger charge is 2.27. The Morgan fingerprint density at radius 2 is 1.53 bits per heavy atom. The number of ketones is 2. The number of benzene rings is 2. The molecule has 0 unspecified atom stereocenters. The van der Waals surface area contributed by atoms with Crippen LogP contribution >= 0.6 is 0 Å². The normalized spacial score (nSPS) is 14.4. The smallest absolute Gasteiger partial charge is 0.227 e. The number of hydrazine groups is 1. The molecule has 0 saturated heterocycles. The number of hydrogen-bond donors (Lipinski definition) is 2. The van der Waals surface area contributed by atoms with Gasteiger partial charge in [-0.3, -0.25) is 9.59 Å². The number of nitrogens with two attached hydrogens (primary N) is 2. The van der Waals surface area contributed by atoms with Crippen LogP contribution in [-0.2, 0) is 20.9 Å². The van der Waals surface area contributed by atoms with Gasteiger partial charge in [0.1, 0.15) is 11.6 Å². The first-order valence-corrected chi connectivity index (χ1v) is 13.7. The molecule has 1 aliphatic heterocycles. The zero-order valence-electron chi connectivity index (χ0n) is 23.6. The van der Waals surface area contributed by atoms with Gasteiger partial charge in [0.05, 0.1) is 23.6 Å². The van der Waals surface area contributed by atoms with E-state index in [0.717, 1.165) is 41.6 Å². The molecule has 0 atom stereocenters. The molecular formula is C31H44N4O3. The zero-order valence-corrected chi connectivity index (χ0v) is 23.6. The van der Waals surface area contributed by atoms with Crippen LogP contribution in [0, 0.1) is 5.92 Å². The Labute approximate surface area is 227 Å². The summed E-state index contributed by atoms with van der Waals surface area (Å²) < 4.78 is 0. The molecule has 1 amide bonds. The van der Waals surface area contributed by atoms with Crippen LogP contribution in [0.25, 0.3) is 11.4 Å². The Kier molecular flexibility index (Phi) is 12.2. The fraction of sp³-hybridized carbons (Fsp3) is 0.452. The van der Waals surface area contributed by atoms with Crippen LogP contribution < -0.4 is 16.5 Å². The standard InChI is InChI=1S/C29H38N4O3.C2H6/c1-20(2)26(35)15-5-4-10-18-33(31)29-24-13-8-9-14-25(24)32(27(36)17-16-21(3)34)19-22-11-6-7-12-23(22)28(29)30;1-2/h6-9,11-14,20H,4-5,10,15-19,30-31H2,1-3H3;1-2H3/b29-28-;. The third-order valence-corrected chi connectivity index (χ3v) is 6.59. The third-order valence-electron chi connectivity index (χ3n) is 6.59. The largest absolute Gasteiger partial charge is 0.396 e. The maximum atomic E-state index is 13.3. The molecule has 1 aliphatic rings. The summed E-state index contributed by atoms with van der Waals surface area (Å²) in [5.74, 6) is 6.83. The monoisotopic (exact) mass is 520 g/mol. The van der Waals surface area contributed by atoms with Crippen LogP contribution in [0.2, 0.25) is 0 Å². The van der Waals surface area contributed by atoms with E-state index in [0.29, 0.717) is 30.9 Å². The van der Waals surface area contributed by atoms with Gasteiger partial charge in [0.15, 0.2) is 0 Å². The number of fused-ring (bicyclic) bond motifs is 2. The second-order valence-corrected chi connectivity index (χ2v) is 9.74. The van der Waals surface area contributed by atoms with Crippen molar-refractivity contribution in [2.24, 2.45) is 17.5 Å². The molecule has 2 aromatic carbocycles. The Bertz CT molecular complexity index is 1140. The third kappa shape index (κ3) is 8.02. The lowest BCUT2D eigenvalue weighted by Gasteiger charge is -2.33. The number of unbranched alkanes of at least 4 members (excludes halogenated alkanes) is 2. The Hall–Kier alpha value is -3.45. The van der Waals surface area contributed by atoms with E-state index in [1.54, 1.807) is 9.91 Å². The van der Waals surface area contributed by atoms with Crippen LogP contribution in [0.1, 0.15) is 89.8 Å². The fourth-order valence-corrected chi connectivity index (χ4v) is 4.47. The molecule has 7 nitrogen and oxygen atoms in total.